The minimum absolute atomic E-state index is 0.104. The van der Waals surface area contributed by atoms with Crippen LogP contribution < -0.4 is 4.90 Å². The minimum atomic E-state index is -3.69. The van der Waals surface area contributed by atoms with Gasteiger partial charge in [-0.15, -0.1) is 0 Å². The molecular weight excluding hydrogens is 679 g/mol. The summed E-state index contributed by atoms with van der Waals surface area (Å²) in [6, 6.07) is 4.65. The number of aliphatic hydroxyl groups excluding tert-OH is 1. The van der Waals surface area contributed by atoms with E-state index in [0.717, 1.165) is 13.1 Å². The Bertz CT molecular complexity index is 1700. The van der Waals surface area contributed by atoms with Crippen LogP contribution in [0, 0.1) is 17.7 Å². The van der Waals surface area contributed by atoms with E-state index in [0.29, 0.717) is 55.8 Å². The van der Waals surface area contributed by atoms with Gasteiger partial charge in [0.05, 0.1) is 18.7 Å². The molecule has 2 aromatic rings. The number of aliphatic hydroxyl groups is 1. The number of hydrogen-bond acceptors (Lipinski definition) is 10. The van der Waals surface area contributed by atoms with Crippen LogP contribution in [0.4, 0.5) is 14.9 Å². The number of likely N-dealkylation sites (N-methyl/N-ethyl adjacent to an activating group) is 1. The summed E-state index contributed by atoms with van der Waals surface area (Å²) in [5.74, 6) is -1.44. The Hall–Kier alpha value is -3.79. The van der Waals surface area contributed by atoms with Crippen molar-refractivity contribution in [2.75, 3.05) is 64.3 Å². The molecule has 0 radical (unpaired) electrons. The second-order valence-electron chi connectivity index (χ2n) is 14.1. The number of esters is 1. The quantitative estimate of drug-likeness (QED) is 0.347. The Morgan fingerprint density at radius 2 is 1.73 bits per heavy atom. The van der Waals surface area contributed by atoms with Crippen LogP contribution in [0.1, 0.15) is 45.6 Å². The molecule has 5 rings (SSSR count). The zero-order chi connectivity index (χ0) is 36.9. The molecule has 0 unspecified atom stereocenters. The fourth-order valence-corrected chi connectivity index (χ4v) is 8.11. The molecule has 1 aromatic carbocycles. The summed E-state index contributed by atoms with van der Waals surface area (Å²) < 4.78 is 56.0. The number of cyclic esters (lactones) is 1. The van der Waals surface area contributed by atoms with Gasteiger partial charge in [0.15, 0.2) is 0 Å². The molecule has 0 saturated carbocycles. The maximum absolute atomic E-state index is 15.0. The monoisotopic (exact) mass is 730 g/mol. The van der Waals surface area contributed by atoms with E-state index in [9.17, 15) is 23.1 Å². The summed E-state index contributed by atoms with van der Waals surface area (Å²) in [6.07, 6.45) is 6.46. The molecule has 5 atom stereocenters. The molecule has 1 amide bonds. The molecule has 0 bridgehead atoms. The van der Waals surface area contributed by atoms with E-state index in [1.165, 1.54) is 33.5 Å². The number of hydrogen-bond donors (Lipinski definition) is 1. The van der Waals surface area contributed by atoms with Gasteiger partial charge in [0.1, 0.15) is 22.9 Å². The first-order valence-corrected chi connectivity index (χ1v) is 19.1. The van der Waals surface area contributed by atoms with Crippen LogP contribution in [0.3, 0.4) is 0 Å². The molecule has 1 aromatic heterocycles. The second kappa shape index (κ2) is 16.7. The highest BCUT2D eigenvalue weighted by Crippen LogP contribution is 2.28. The molecule has 15 heteroatoms. The summed E-state index contributed by atoms with van der Waals surface area (Å²) in [4.78, 5) is 32.0. The molecular formula is C36H51FN6O7S. The van der Waals surface area contributed by atoms with E-state index >= 15 is 4.39 Å². The standard InChI is InChI=1S/C36H51FN6O7S/c1-25-6-8-31(44)22-34(45)50-35(26(2)7-9-33(25)49-36(46)42-12-10-39(4)11-13-42)27(3)18-28-19-29(37)21-30(20-28)41-14-16-43(17-15-41)51(47,48)32-23-38-40(5)24-32/h7,9,18-21,23-26,31,33,35,44H,6,8,10-17,22H2,1-5H3/b9-7+,27-18+/t25-,26-,31+,33-,35-/m0/s1. The van der Waals surface area contributed by atoms with Gasteiger partial charge in [0.2, 0.25) is 10.0 Å². The number of nitrogens with zero attached hydrogens (tertiary/aromatic N) is 6. The molecule has 4 heterocycles. The SMILES string of the molecule is C/C(=C\c1cc(F)cc(N2CCN(S(=O)(=O)c3cnn(C)c3)CC2)c1)[C@H]1OC(=O)C[C@H](O)CC[C@H](C)[C@@H](OC(=O)N2CCN(C)CC2)/C=C/[C@@H]1C. The molecule has 3 aliphatic heterocycles. The van der Waals surface area contributed by atoms with Crippen LogP contribution in [0.5, 0.6) is 0 Å². The number of anilines is 1. The predicted octanol–water partition coefficient (Wildman–Crippen LogP) is 3.51. The van der Waals surface area contributed by atoms with E-state index in [-0.39, 0.29) is 42.3 Å². The van der Waals surface area contributed by atoms with Crippen molar-refractivity contribution in [1.29, 1.82) is 0 Å². The van der Waals surface area contributed by atoms with Crippen molar-refractivity contribution in [3.63, 3.8) is 0 Å². The average Bonchev–Trinajstić information content (AvgIpc) is 3.54. The van der Waals surface area contributed by atoms with Gasteiger partial charge in [-0.2, -0.15) is 9.40 Å². The highest BCUT2D eigenvalue weighted by molar-refractivity contribution is 7.89. The van der Waals surface area contributed by atoms with Crippen LogP contribution in [-0.4, -0.2) is 127 Å². The maximum atomic E-state index is 15.0. The Labute approximate surface area is 300 Å². The lowest BCUT2D eigenvalue weighted by Crippen LogP contribution is -2.48. The number of sulfonamides is 1. The molecule has 0 aliphatic carbocycles. The topological polar surface area (TPSA) is 138 Å². The zero-order valence-electron chi connectivity index (χ0n) is 30.1. The van der Waals surface area contributed by atoms with Crippen molar-refractivity contribution in [3.8, 4) is 0 Å². The predicted molar refractivity (Wildman–Crippen MR) is 191 cm³/mol. The summed E-state index contributed by atoms with van der Waals surface area (Å²) >= 11 is 0. The summed E-state index contributed by atoms with van der Waals surface area (Å²) in [5.41, 5.74) is 1.83. The fourth-order valence-electron chi connectivity index (χ4n) is 6.70. The smallest absolute Gasteiger partial charge is 0.410 e. The van der Waals surface area contributed by atoms with E-state index in [1.807, 2.05) is 50.9 Å². The van der Waals surface area contributed by atoms with Gasteiger partial charge < -0.3 is 29.3 Å². The molecule has 280 valence electrons. The molecule has 3 aliphatic rings. The zero-order valence-corrected chi connectivity index (χ0v) is 31.0. The Kier molecular flexibility index (Phi) is 12.6. The van der Waals surface area contributed by atoms with Gasteiger partial charge in [0, 0.05) is 77.2 Å². The third-order valence-corrected chi connectivity index (χ3v) is 11.8. The molecule has 2 saturated heterocycles. The van der Waals surface area contributed by atoms with Crippen molar-refractivity contribution in [3.05, 3.63) is 59.7 Å². The Morgan fingerprint density at radius 1 is 1.02 bits per heavy atom. The number of rotatable bonds is 6. The maximum Gasteiger partial charge on any atom is 0.410 e. The first-order chi connectivity index (χ1) is 24.2. The number of halogens is 1. The van der Waals surface area contributed by atoms with Gasteiger partial charge in [-0.05, 0) is 68.1 Å². The number of aromatic nitrogens is 2. The number of benzene rings is 1. The van der Waals surface area contributed by atoms with Crippen molar-refractivity contribution < 1.29 is 37.0 Å². The lowest BCUT2D eigenvalue weighted by atomic mass is 9.91. The van der Waals surface area contributed by atoms with Crippen molar-refractivity contribution in [2.45, 2.75) is 63.2 Å². The molecule has 51 heavy (non-hydrogen) atoms. The summed E-state index contributed by atoms with van der Waals surface area (Å²) in [5, 5.41) is 14.6. The third-order valence-electron chi connectivity index (χ3n) is 9.93. The van der Waals surface area contributed by atoms with Crippen molar-refractivity contribution in [1.82, 2.24) is 23.9 Å². The van der Waals surface area contributed by atoms with Crippen LogP contribution in [-0.2, 0) is 31.3 Å². The van der Waals surface area contributed by atoms with Crippen molar-refractivity contribution in [2.24, 2.45) is 18.9 Å². The largest absolute Gasteiger partial charge is 0.457 e. The molecule has 2 fully saturated rings. The minimum Gasteiger partial charge on any atom is -0.457 e. The highest BCUT2D eigenvalue weighted by Gasteiger charge is 2.31. The lowest BCUT2D eigenvalue weighted by Gasteiger charge is -2.35. The molecule has 13 nitrogen and oxygen atoms in total. The average molecular weight is 731 g/mol. The van der Waals surface area contributed by atoms with Gasteiger partial charge in [-0.3, -0.25) is 9.48 Å². The van der Waals surface area contributed by atoms with Crippen molar-refractivity contribution >= 4 is 33.8 Å². The lowest BCUT2D eigenvalue weighted by molar-refractivity contribution is -0.151. The Balaban J connectivity index is 1.32. The molecule has 1 N–H and O–H groups in total. The number of carbonyl (C=O) groups excluding carboxylic acids is 2. The van der Waals surface area contributed by atoms with Gasteiger partial charge in [-0.1, -0.05) is 26.0 Å². The van der Waals surface area contributed by atoms with E-state index in [2.05, 4.69) is 10.00 Å². The number of aryl methyl sites for hydroxylation is 1. The first kappa shape index (κ1) is 38.4. The van der Waals surface area contributed by atoms with E-state index in [4.69, 9.17) is 9.47 Å². The molecule has 0 spiro atoms. The van der Waals surface area contributed by atoms with Gasteiger partial charge in [-0.25, -0.2) is 17.6 Å². The van der Waals surface area contributed by atoms with Gasteiger partial charge in [0.25, 0.3) is 0 Å². The second-order valence-corrected chi connectivity index (χ2v) is 16.0. The van der Waals surface area contributed by atoms with Crippen LogP contribution in [0.25, 0.3) is 6.08 Å². The summed E-state index contributed by atoms with van der Waals surface area (Å²) in [6.45, 7) is 9.60. The first-order valence-electron chi connectivity index (χ1n) is 17.6. The number of carbonyl (C=O) groups is 2. The number of amides is 1. The summed E-state index contributed by atoms with van der Waals surface area (Å²) in [7, 11) is -0.0123. The normalized spacial score (nSPS) is 27.3. The van der Waals surface area contributed by atoms with Crippen LogP contribution >= 0.6 is 0 Å². The highest BCUT2D eigenvalue weighted by atomic mass is 32.2. The van der Waals surface area contributed by atoms with Crippen LogP contribution in [0.15, 0.2) is 53.2 Å². The fraction of sp³-hybridized carbons (Fsp3) is 0.583. The van der Waals surface area contributed by atoms with E-state index < -0.39 is 40.1 Å². The number of ether oxygens (including phenoxy) is 2. The third kappa shape index (κ3) is 9.96. The van der Waals surface area contributed by atoms with Crippen LogP contribution in [0.2, 0.25) is 0 Å². The van der Waals surface area contributed by atoms with Gasteiger partial charge >= 0.3 is 12.1 Å². The van der Waals surface area contributed by atoms with E-state index in [1.54, 1.807) is 18.0 Å². The Morgan fingerprint density at radius 3 is 2.39 bits per heavy atom. The number of piperazine rings is 2.